The van der Waals surface area contributed by atoms with Gasteiger partial charge in [0.25, 0.3) is 0 Å². The molecule has 0 fully saturated rings. The van der Waals surface area contributed by atoms with Crippen LogP contribution in [0.15, 0.2) is 18.2 Å². The highest BCUT2D eigenvalue weighted by Gasteiger charge is 2.05. The summed E-state index contributed by atoms with van der Waals surface area (Å²) in [6.07, 6.45) is 3.14. The van der Waals surface area contributed by atoms with Crippen LogP contribution in [0.3, 0.4) is 0 Å². The largest absolute Gasteiger partial charge is 0.496 e. The molecule has 0 aliphatic heterocycles. The van der Waals surface area contributed by atoms with Crippen LogP contribution in [0, 0.1) is 0 Å². The number of ether oxygens (including phenoxy) is 1. The van der Waals surface area contributed by atoms with Crippen LogP contribution in [-0.2, 0) is 12.8 Å². The van der Waals surface area contributed by atoms with E-state index in [0.717, 1.165) is 44.0 Å². The van der Waals surface area contributed by atoms with Crippen molar-refractivity contribution in [3.63, 3.8) is 0 Å². The molecule has 0 saturated heterocycles. The van der Waals surface area contributed by atoms with Crippen LogP contribution in [0.25, 0.3) is 0 Å². The van der Waals surface area contributed by atoms with E-state index in [2.05, 4.69) is 37.1 Å². The second kappa shape index (κ2) is 8.39. The zero-order valence-corrected chi connectivity index (χ0v) is 12.5. The molecular weight excluding hydrogens is 246 g/mol. The van der Waals surface area contributed by atoms with Gasteiger partial charge in [-0.05, 0) is 50.0 Å². The predicted molar refractivity (Wildman–Crippen MR) is 78.9 cm³/mol. The molecule has 0 amide bonds. The molecule has 1 aromatic carbocycles. The molecule has 2 nitrogen and oxygen atoms in total. The van der Waals surface area contributed by atoms with Gasteiger partial charge in [-0.1, -0.05) is 19.1 Å². The Morgan fingerprint density at radius 1 is 1.28 bits per heavy atom. The lowest BCUT2D eigenvalue weighted by atomic mass is 10.0. The first-order valence-electron chi connectivity index (χ1n) is 6.61. The van der Waals surface area contributed by atoms with E-state index in [0.29, 0.717) is 0 Å². The SMILES string of the molecule is CCc1ccc(OC)c(CCN(C)CCCCl)c1. The Bertz CT molecular complexity index is 354. The number of alkyl halides is 1. The van der Waals surface area contributed by atoms with Crippen LogP contribution < -0.4 is 4.74 Å². The van der Waals surface area contributed by atoms with Crippen molar-refractivity contribution >= 4 is 11.6 Å². The Hall–Kier alpha value is -0.730. The summed E-state index contributed by atoms with van der Waals surface area (Å²) in [7, 11) is 3.88. The van der Waals surface area contributed by atoms with Crippen molar-refractivity contribution in [2.45, 2.75) is 26.2 Å². The van der Waals surface area contributed by atoms with Gasteiger partial charge in [0.05, 0.1) is 7.11 Å². The molecule has 0 spiro atoms. The number of likely N-dealkylation sites (N-methyl/N-ethyl adjacent to an activating group) is 1. The van der Waals surface area contributed by atoms with Crippen molar-refractivity contribution in [1.29, 1.82) is 0 Å². The summed E-state index contributed by atoms with van der Waals surface area (Å²) >= 11 is 5.70. The fraction of sp³-hybridized carbons (Fsp3) is 0.600. The lowest BCUT2D eigenvalue weighted by molar-refractivity contribution is 0.336. The van der Waals surface area contributed by atoms with Gasteiger partial charge < -0.3 is 9.64 Å². The van der Waals surface area contributed by atoms with E-state index in [1.54, 1.807) is 7.11 Å². The van der Waals surface area contributed by atoms with Crippen LogP contribution in [0.4, 0.5) is 0 Å². The maximum absolute atomic E-state index is 5.70. The number of methoxy groups -OCH3 is 1. The highest BCUT2D eigenvalue weighted by atomic mass is 35.5. The minimum absolute atomic E-state index is 0.735. The van der Waals surface area contributed by atoms with Gasteiger partial charge >= 0.3 is 0 Å². The predicted octanol–water partition coefficient (Wildman–Crippen LogP) is 3.36. The van der Waals surface area contributed by atoms with Gasteiger partial charge in [-0.2, -0.15) is 0 Å². The van der Waals surface area contributed by atoms with Gasteiger partial charge in [0.15, 0.2) is 0 Å². The van der Waals surface area contributed by atoms with Gasteiger partial charge in [-0.3, -0.25) is 0 Å². The maximum atomic E-state index is 5.70. The molecule has 0 atom stereocenters. The third-order valence-electron chi connectivity index (χ3n) is 3.19. The molecule has 0 unspecified atom stereocenters. The lowest BCUT2D eigenvalue weighted by Gasteiger charge is -2.17. The second-order valence-electron chi connectivity index (χ2n) is 4.60. The highest BCUT2D eigenvalue weighted by molar-refractivity contribution is 6.17. The minimum Gasteiger partial charge on any atom is -0.496 e. The molecule has 102 valence electrons. The maximum Gasteiger partial charge on any atom is 0.122 e. The normalized spacial score (nSPS) is 10.9. The minimum atomic E-state index is 0.735. The fourth-order valence-corrected chi connectivity index (χ4v) is 2.12. The Kier molecular flexibility index (Phi) is 7.14. The van der Waals surface area contributed by atoms with E-state index in [9.17, 15) is 0 Å². The molecule has 0 saturated carbocycles. The average Bonchev–Trinajstić information content (AvgIpc) is 2.42. The van der Waals surface area contributed by atoms with Gasteiger partial charge in [0.2, 0.25) is 0 Å². The molecule has 18 heavy (non-hydrogen) atoms. The molecule has 0 aliphatic carbocycles. The van der Waals surface area contributed by atoms with E-state index in [-0.39, 0.29) is 0 Å². The Labute approximate surface area is 116 Å². The van der Waals surface area contributed by atoms with Crippen molar-refractivity contribution in [2.75, 3.05) is 33.1 Å². The number of nitrogens with zero attached hydrogens (tertiary/aromatic N) is 1. The van der Waals surface area contributed by atoms with Crippen LogP contribution in [-0.4, -0.2) is 38.0 Å². The molecule has 0 bridgehead atoms. The fourth-order valence-electron chi connectivity index (χ4n) is 2.00. The molecule has 1 rings (SSSR count). The molecular formula is C15H24ClNO. The van der Waals surface area contributed by atoms with Gasteiger partial charge in [-0.25, -0.2) is 0 Å². The zero-order valence-electron chi connectivity index (χ0n) is 11.7. The Balaban J connectivity index is 2.59. The van der Waals surface area contributed by atoms with E-state index in [4.69, 9.17) is 16.3 Å². The van der Waals surface area contributed by atoms with E-state index < -0.39 is 0 Å². The quantitative estimate of drug-likeness (QED) is 0.671. The monoisotopic (exact) mass is 269 g/mol. The summed E-state index contributed by atoms with van der Waals surface area (Å²) in [6.45, 7) is 4.28. The molecule has 1 aromatic rings. The van der Waals surface area contributed by atoms with Crippen molar-refractivity contribution < 1.29 is 4.74 Å². The number of halogens is 1. The van der Waals surface area contributed by atoms with Crippen molar-refractivity contribution in [2.24, 2.45) is 0 Å². The third kappa shape index (κ3) is 4.87. The number of hydrogen-bond acceptors (Lipinski definition) is 2. The van der Waals surface area contributed by atoms with Crippen LogP contribution >= 0.6 is 11.6 Å². The number of benzene rings is 1. The number of aryl methyl sites for hydroxylation is 1. The van der Waals surface area contributed by atoms with E-state index in [1.165, 1.54) is 11.1 Å². The lowest BCUT2D eigenvalue weighted by Crippen LogP contribution is -2.22. The van der Waals surface area contributed by atoms with Crippen LogP contribution in [0.5, 0.6) is 5.75 Å². The third-order valence-corrected chi connectivity index (χ3v) is 3.46. The van der Waals surface area contributed by atoms with Crippen molar-refractivity contribution in [1.82, 2.24) is 4.90 Å². The summed E-state index contributed by atoms with van der Waals surface area (Å²) in [4.78, 5) is 2.32. The van der Waals surface area contributed by atoms with Gasteiger partial charge in [0, 0.05) is 12.4 Å². The average molecular weight is 270 g/mol. The van der Waals surface area contributed by atoms with E-state index in [1.807, 2.05) is 0 Å². The zero-order chi connectivity index (χ0) is 13.4. The first-order valence-corrected chi connectivity index (χ1v) is 7.15. The summed E-state index contributed by atoms with van der Waals surface area (Å²) in [5.74, 6) is 1.73. The summed E-state index contributed by atoms with van der Waals surface area (Å²) < 4.78 is 5.42. The summed E-state index contributed by atoms with van der Waals surface area (Å²) in [5.41, 5.74) is 2.67. The second-order valence-corrected chi connectivity index (χ2v) is 4.97. The first-order chi connectivity index (χ1) is 8.71. The van der Waals surface area contributed by atoms with Crippen LogP contribution in [0.2, 0.25) is 0 Å². The molecule has 0 aliphatic rings. The molecule has 3 heteroatoms. The number of hydrogen-bond donors (Lipinski definition) is 0. The van der Waals surface area contributed by atoms with Crippen molar-refractivity contribution in [3.05, 3.63) is 29.3 Å². The van der Waals surface area contributed by atoms with Gasteiger partial charge in [0.1, 0.15) is 5.75 Å². The Morgan fingerprint density at radius 3 is 2.67 bits per heavy atom. The molecule has 0 N–H and O–H groups in total. The smallest absolute Gasteiger partial charge is 0.122 e. The number of rotatable bonds is 8. The standard InChI is InChI=1S/C15H24ClNO/c1-4-13-6-7-15(18-3)14(12-13)8-11-17(2)10-5-9-16/h6-7,12H,4-5,8-11H2,1-3H3. The molecule has 0 aromatic heterocycles. The molecule has 0 radical (unpaired) electrons. The first kappa shape index (κ1) is 15.3. The Morgan fingerprint density at radius 2 is 2.06 bits per heavy atom. The molecule has 0 heterocycles. The summed E-state index contributed by atoms with van der Waals surface area (Å²) in [5, 5.41) is 0. The van der Waals surface area contributed by atoms with E-state index >= 15 is 0 Å². The van der Waals surface area contributed by atoms with Crippen LogP contribution in [0.1, 0.15) is 24.5 Å². The summed E-state index contributed by atoms with van der Waals surface area (Å²) in [6, 6.07) is 6.47. The van der Waals surface area contributed by atoms with Crippen molar-refractivity contribution in [3.8, 4) is 5.75 Å². The van der Waals surface area contributed by atoms with Gasteiger partial charge in [-0.15, -0.1) is 11.6 Å². The topological polar surface area (TPSA) is 12.5 Å². The highest BCUT2D eigenvalue weighted by Crippen LogP contribution is 2.21.